The third kappa shape index (κ3) is 2.97. The van der Waals surface area contributed by atoms with Crippen molar-refractivity contribution in [3.05, 3.63) is 89.7 Å². The third-order valence-electron chi connectivity index (χ3n) is 7.60. The average Bonchev–Trinajstić information content (AvgIpc) is 3.44. The molecular formula is C28H24FN3O4. The first-order valence-electron chi connectivity index (χ1n) is 11.8. The molecule has 4 atom stereocenters. The van der Waals surface area contributed by atoms with E-state index in [1.54, 1.807) is 48.4 Å². The van der Waals surface area contributed by atoms with Crippen molar-refractivity contribution in [3.63, 3.8) is 0 Å². The summed E-state index contributed by atoms with van der Waals surface area (Å²) in [6.45, 7) is 2.06. The van der Waals surface area contributed by atoms with Gasteiger partial charge in [-0.05, 0) is 55.0 Å². The maximum absolute atomic E-state index is 14.2. The quantitative estimate of drug-likeness (QED) is 0.574. The fraction of sp³-hybridized carbons (Fsp3) is 0.250. The van der Waals surface area contributed by atoms with Crippen LogP contribution in [0.3, 0.4) is 0 Å². The van der Waals surface area contributed by atoms with Gasteiger partial charge in [0, 0.05) is 17.3 Å². The Kier molecular flexibility index (Phi) is 4.98. The van der Waals surface area contributed by atoms with E-state index < -0.39 is 29.3 Å². The number of hydrogen-bond acceptors (Lipinski definition) is 5. The molecule has 0 bridgehead atoms. The topological polar surface area (TPSA) is 79.0 Å². The smallest absolute Gasteiger partial charge is 0.253 e. The lowest BCUT2D eigenvalue weighted by molar-refractivity contribution is -0.132. The van der Waals surface area contributed by atoms with E-state index in [0.29, 0.717) is 22.7 Å². The summed E-state index contributed by atoms with van der Waals surface area (Å²) in [6.07, 6.45) is 0. The minimum atomic E-state index is -1.37. The summed E-state index contributed by atoms with van der Waals surface area (Å²) >= 11 is 0. The van der Waals surface area contributed by atoms with Crippen LogP contribution in [-0.2, 0) is 26.5 Å². The molecule has 3 aromatic carbocycles. The average molecular weight is 486 g/mol. The number of hydrogen-bond donors (Lipinski definition) is 1. The molecule has 7 nitrogen and oxygen atoms in total. The summed E-state index contributed by atoms with van der Waals surface area (Å²) in [6, 6.07) is 19.7. The van der Waals surface area contributed by atoms with Gasteiger partial charge in [-0.25, -0.2) is 9.29 Å². The lowest BCUT2D eigenvalue weighted by Gasteiger charge is -2.30. The zero-order valence-corrected chi connectivity index (χ0v) is 19.8. The van der Waals surface area contributed by atoms with E-state index in [-0.39, 0.29) is 24.2 Å². The molecule has 2 saturated heterocycles. The Hall–Kier alpha value is -4.04. The van der Waals surface area contributed by atoms with Crippen LogP contribution in [0.1, 0.15) is 18.1 Å². The van der Waals surface area contributed by atoms with Crippen LogP contribution >= 0.6 is 0 Å². The van der Waals surface area contributed by atoms with E-state index in [4.69, 9.17) is 4.74 Å². The number of carbonyl (C=O) groups excluding carboxylic acids is 3. The van der Waals surface area contributed by atoms with Gasteiger partial charge in [-0.1, -0.05) is 30.3 Å². The summed E-state index contributed by atoms with van der Waals surface area (Å²) < 4.78 is 18.7. The van der Waals surface area contributed by atoms with Crippen molar-refractivity contribution >= 4 is 29.1 Å². The summed E-state index contributed by atoms with van der Waals surface area (Å²) in [5.41, 5.74) is 1.19. The van der Waals surface area contributed by atoms with E-state index >= 15 is 0 Å². The number of imide groups is 1. The van der Waals surface area contributed by atoms with Crippen molar-refractivity contribution in [2.45, 2.75) is 25.0 Å². The second kappa shape index (κ2) is 7.99. The molecule has 3 aromatic rings. The minimum absolute atomic E-state index is 0.218. The monoisotopic (exact) mass is 485 g/mol. The molecule has 1 spiro atoms. The predicted octanol–water partition coefficient (Wildman–Crippen LogP) is 3.37. The first-order valence-corrected chi connectivity index (χ1v) is 11.8. The lowest BCUT2D eigenvalue weighted by atomic mass is 9.76. The molecule has 3 aliphatic heterocycles. The maximum atomic E-state index is 14.2. The maximum Gasteiger partial charge on any atom is 0.253 e. The fourth-order valence-electron chi connectivity index (χ4n) is 6.02. The van der Waals surface area contributed by atoms with Crippen molar-refractivity contribution in [2.75, 3.05) is 16.9 Å². The first kappa shape index (κ1) is 22.4. The number of ether oxygens (including phenoxy) is 1. The highest BCUT2D eigenvalue weighted by molar-refractivity contribution is 6.26. The molecule has 0 saturated carbocycles. The number of fused-ring (bicyclic) bond motifs is 4. The second-order valence-corrected chi connectivity index (χ2v) is 9.49. The van der Waals surface area contributed by atoms with Crippen LogP contribution < -0.4 is 19.9 Å². The van der Waals surface area contributed by atoms with E-state index in [1.807, 2.05) is 31.2 Å². The molecule has 2 fully saturated rings. The van der Waals surface area contributed by atoms with Gasteiger partial charge in [0.25, 0.3) is 5.91 Å². The van der Waals surface area contributed by atoms with Gasteiger partial charge in [-0.3, -0.25) is 19.7 Å². The largest absolute Gasteiger partial charge is 0.497 e. The zero-order valence-electron chi connectivity index (χ0n) is 19.8. The van der Waals surface area contributed by atoms with Gasteiger partial charge in [0.2, 0.25) is 11.8 Å². The highest BCUT2D eigenvalue weighted by atomic mass is 19.1. The van der Waals surface area contributed by atoms with Gasteiger partial charge in [-0.15, -0.1) is 0 Å². The number of carbonyl (C=O) groups is 3. The molecule has 182 valence electrons. The molecule has 1 N–H and O–H groups in total. The molecular weight excluding hydrogens is 461 g/mol. The molecule has 3 heterocycles. The van der Waals surface area contributed by atoms with Gasteiger partial charge in [0.05, 0.1) is 31.2 Å². The number of rotatable bonds is 4. The standard InChI is InChI=1S/C28H24FN3O4/c1-16-23-24(26(34)32(25(23)33)19-11-13-20(36-2)14-12-19)28(30-16)21-5-3-4-6-22(21)31(27(28)35)15-17-7-9-18(29)10-8-17/h3-14,16,23-24,30H,15H2,1-2H3/t16-,23+,24-,28-/m0/s1. The minimum Gasteiger partial charge on any atom is -0.497 e. The van der Waals surface area contributed by atoms with E-state index in [2.05, 4.69) is 5.32 Å². The molecule has 0 radical (unpaired) electrons. The molecule has 0 aliphatic carbocycles. The molecule has 0 aromatic heterocycles. The highest BCUT2D eigenvalue weighted by Crippen LogP contribution is 2.55. The Morgan fingerprint density at radius 1 is 0.944 bits per heavy atom. The molecule has 8 heteroatoms. The van der Waals surface area contributed by atoms with Crippen LogP contribution in [0.15, 0.2) is 72.8 Å². The Morgan fingerprint density at radius 3 is 2.33 bits per heavy atom. The number of halogens is 1. The van der Waals surface area contributed by atoms with Crippen LogP contribution in [0, 0.1) is 17.7 Å². The number of para-hydroxylation sites is 1. The van der Waals surface area contributed by atoms with Gasteiger partial charge < -0.3 is 9.64 Å². The Morgan fingerprint density at radius 2 is 1.64 bits per heavy atom. The van der Waals surface area contributed by atoms with Crippen molar-refractivity contribution in [2.24, 2.45) is 11.8 Å². The number of nitrogens with zero attached hydrogens (tertiary/aromatic N) is 2. The summed E-state index contributed by atoms with van der Waals surface area (Å²) in [4.78, 5) is 44.6. The van der Waals surface area contributed by atoms with Crippen LogP contribution in [0.25, 0.3) is 0 Å². The van der Waals surface area contributed by atoms with Gasteiger partial charge in [0.15, 0.2) is 0 Å². The van der Waals surface area contributed by atoms with E-state index in [1.165, 1.54) is 17.0 Å². The third-order valence-corrected chi connectivity index (χ3v) is 7.60. The number of amides is 3. The summed E-state index contributed by atoms with van der Waals surface area (Å²) in [5, 5.41) is 3.37. The highest BCUT2D eigenvalue weighted by Gasteiger charge is 2.71. The Balaban J connectivity index is 1.43. The van der Waals surface area contributed by atoms with Crippen LogP contribution in [-0.4, -0.2) is 30.9 Å². The molecule has 0 unspecified atom stereocenters. The molecule has 3 aliphatic rings. The Labute approximate surface area is 207 Å². The van der Waals surface area contributed by atoms with Crippen molar-refractivity contribution in [1.29, 1.82) is 0 Å². The second-order valence-electron chi connectivity index (χ2n) is 9.49. The molecule has 3 amide bonds. The Bertz CT molecular complexity index is 1390. The van der Waals surface area contributed by atoms with E-state index in [0.717, 1.165) is 5.56 Å². The van der Waals surface area contributed by atoms with Crippen LogP contribution in [0.4, 0.5) is 15.8 Å². The predicted molar refractivity (Wildman–Crippen MR) is 131 cm³/mol. The normalized spacial score (nSPS) is 26.6. The summed E-state index contributed by atoms with van der Waals surface area (Å²) in [5.74, 6) is -2.35. The van der Waals surface area contributed by atoms with Crippen molar-refractivity contribution < 1.29 is 23.5 Å². The van der Waals surface area contributed by atoms with Crippen LogP contribution in [0.5, 0.6) is 5.75 Å². The fourth-order valence-corrected chi connectivity index (χ4v) is 6.02. The SMILES string of the molecule is COc1ccc(N2C(=O)[C@@H]3[C@H](C)N[C@]4(C(=O)N(Cc5ccc(F)cc5)c5ccccc54)[C@@H]3C2=O)cc1. The van der Waals surface area contributed by atoms with Crippen molar-refractivity contribution in [3.8, 4) is 5.75 Å². The number of anilines is 2. The lowest BCUT2D eigenvalue weighted by Crippen LogP contribution is -2.54. The first-order chi connectivity index (χ1) is 17.4. The van der Waals surface area contributed by atoms with Crippen molar-refractivity contribution in [1.82, 2.24) is 5.32 Å². The number of nitrogens with one attached hydrogen (secondary N) is 1. The number of benzene rings is 3. The van der Waals surface area contributed by atoms with Crippen LogP contribution in [0.2, 0.25) is 0 Å². The van der Waals surface area contributed by atoms with Gasteiger partial charge in [0.1, 0.15) is 17.1 Å². The zero-order chi connectivity index (χ0) is 25.2. The number of methoxy groups -OCH3 is 1. The summed E-state index contributed by atoms with van der Waals surface area (Å²) in [7, 11) is 1.55. The van der Waals surface area contributed by atoms with Gasteiger partial charge in [-0.2, -0.15) is 0 Å². The van der Waals surface area contributed by atoms with Gasteiger partial charge >= 0.3 is 0 Å². The molecule has 36 heavy (non-hydrogen) atoms. The van der Waals surface area contributed by atoms with E-state index in [9.17, 15) is 18.8 Å². The molecule has 6 rings (SSSR count).